The van der Waals surface area contributed by atoms with E-state index < -0.39 is 0 Å². The van der Waals surface area contributed by atoms with E-state index in [1.165, 1.54) is 65.0 Å². The maximum absolute atomic E-state index is 2.34. The van der Waals surface area contributed by atoms with Crippen LogP contribution in [0.25, 0.3) is 53.9 Å². The van der Waals surface area contributed by atoms with Crippen LogP contribution in [0.2, 0.25) is 0 Å². The molecule has 0 radical (unpaired) electrons. The SMILES string of the molecule is Cc1cc2ccc3ccc4cc(C)c5ccccc5c4c3c2c2ccccc12. The average molecular weight is 356 g/mol. The standard InChI is InChI=1S/C28H20/c1-17-15-20-13-11-19-12-14-21-16-18(2)23-8-4-6-10-25(23)27(21)28(19)26(20)24-9-5-3-7-22(17)24/h3-16H,1-2H3. The van der Waals surface area contributed by atoms with Gasteiger partial charge in [-0.15, -0.1) is 0 Å². The van der Waals surface area contributed by atoms with Crippen LogP contribution in [-0.4, -0.2) is 0 Å². The van der Waals surface area contributed by atoms with Crippen molar-refractivity contribution >= 4 is 53.9 Å². The molecule has 6 rings (SSSR count). The van der Waals surface area contributed by atoms with Gasteiger partial charge in [0.15, 0.2) is 0 Å². The van der Waals surface area contributed by atoms with Gasteiger partial charge in [0, 0.05) is 0 Å². The number of fused-ring (bicyclic) bond motifs is 9. The van der Waals surface area contributed by atoms with E-state index in [0.717, 1.165) is 0 Å². The van der Waals surface area contributed by atoms with Crippen molar-refractivity contribution in [2.24, 2.45) is 0 Å². The van der Waals surface area contributed by atoms with Crippen LogP contribution in [0.5, 0.6) is 0 Å². The van der Waals surface area contributed by atoms with Crippen LogP contribution >= 0.6 is 0 Å². The van der Waals surface area contributed by atoms with Gasteiger partial charge in [-0.3, -0.25) is 0 Å². The number of aryl methyl sites for hydroxylation is 2. The lowest BCUT2D eigenvalue weighted by Crippen LogP contribution is -1.88. The summed E-state index contributed by atoms with van der Waals surface area (Å²) < 4.78 is 0. The first kappa shape index (κ1) is 15.7. The van der Waals surface area contributed by atoms with E-state index in [1.807, 2.05) is 0 Å². The molecule has 0 heteroatoms. The molecule has 132 valence electrons. The zero-order chi connectivity index (χ0) is 18.8. The Labute approximate surface area is 164 Å². The van der Waals surface area contributed by atoms with Gasteiger partial charge in [0.25, 0.3) is 0 Å². The van der Waals surface area contributed by atoms with Crippen molar-refractivity contribution in [3.63, 3.8) is 0 Å². The summed E-state index contributed by atoms with van der Waals surface area (Å²) >= 11 is 0. The molecule has 0 N–H and O–H groups in total. The van der Waals surface area contributed by atoms with Crippen molar-refractivity contribution < 1.29 is 0 Å². The molecule has 0 aliphatic carbocycles. The Morgan fingerprint density at radius 3 is 1.25 bits per heavy atom. The topological polar surface area (TPSA) is 0 Å². The molecule has 6 aromatic rings. The lowest BCUT2D eigenvalue weighted by molar-refractivity contribution is 1.56. The molecule has 0 unspecified atom stereocenters. The summed E-state index contributed by atoms with van der Waals surface area (Å²) in [4.78, 5) is 0. The Hall–Kier alpha value is -3.38. The zero-order valence-corrected chi connectivity index (χ0v) is 16.1. The van der Waals surface area contributed by atoms with Crippen LogP contribution < -0.4 is 0 Å². The Morgan fingerprint density at radius 2 is 0.786 bits per heavy atom. The minimum Gasteiger partial charge on any atom is -0.0616 e. The van der Waals surface area contributed by atoms with E-state index in [0.29, 0.717) is 0 Å². The summed E-state index contributed by atoms with van der Waals surface area (Å²) in [6.45, 7) is 4.43. The van der Waals surface area contributed by atoms with Gasteiger partial charge in [-0.05, 0) is 78.8 Å². The highest BCUT2D eigenvalue weighted by Gasteiger charge is 2.13. The zero-order valence-electron chi connectivity index (χ0n) is 16.1. The van der Waals surface area contributed by atoms with E-state index >= 15 is 0 Å². The van der Waals surface area contributed by atoms with Gasteiger partial charge in [-0.2, -0.15) is 0 Å². The largest absolute Gasteiger partial charge is 0.0616 e. The average Bonchev–Trinajstić information content (AvgIpc) is 2.73. The minimum absolute atomic E-state index is 1.31. The number of rotatable bonds is 0. The predicted molar refractivity (Wildman–Crippen MR) is 123 cm³/mol. The molecule has 0 amide bonds. The summed E-state index contributed by atoms with van der Waals surface area (Å²) in [5.74, 6) is 0. The van der Waals surface area contributed by atoms with E-state index in [4.69, 9.17) is 0 Å². The molecule has 6 aromatic carbocycles. The minimum atomic E-state index is 1.31. The van der Waals surface area contributed by atoms with Crippen LogP contribution in [0, 0.1) is 13.8 Å². The van der Waals surface area contributed by atoms with Crippen molar-refractivity contribution in [2.45, 2.75) is 13.8 Å². The Kier molecular flexibility index (Phi) is 3.11. The normalized spacial score (nSPS) is 11.9. The highest BCUT2D eigenvalue weighted by molar-refractivity contribution is 6.32. The second-order valence-electron chi connectivity index (χ2n) is 7.90. The third kappa shape index (κ3) is 2.00. The summed E-state index contributed by atoms with van der Waals surface area (Å²) in [5, 5.41) is 13.5. The number of hydrogen-bond donors (Lipinski definition) is 0. The monoisotopic (exact) mass is 356 g/mol. The molecule has 0 aliphatic heterocycles. The summed E-state index contributed by atoms with van der Waals surface area (Å²) in [6, 6.07) is 31.4. The molecule has 0 saturated heterocycles. The highest BCUT2D eigenvalue weighted by Crippen LogP contribution is 2.40. The van der Waals surface area contributed by atoms with Crippen molar-refractivity contribution in [3.8, 4) is 0 Å². The van der Waals surface area contributed by atoms with Crippen LogP contribution in [0.4, 0.5) is 0 Å². The molecule has 28 heavy (non-hydrogen) atoms. The second-order valence-corrected chi connectivity index (χ2v) is 7.90. The smallest absolute Gasteiger partial charge is 0.00143 e. The van der Waals surface area contributed by atoms with Crippen molar-refractivity contribution in [1.82, 2.24) is 0 Å². The van der Waals surface area contributed by atoms with Gasteiger partial charge < -0.3 is 0 Å². The lowest BCUT2D eigenvalue weighted by atomic mass is 9.88. The van der Waals surface area contributed by atoms with Crippen LogP contribution in [0.15, 0.2) is 84.9 Å². The van der Waals surface area contributed by atoms with Gasteiger partial charge in [0.1, 0.15) is 0 Å². The Balaban J connectivity index is 2.03. The van der Waals surface area contributed by atoms with Crippen molar-refractivity contribution in [2.75, 3.05) is 0 Å². The third-order valence-electron chi connectivity index (χ3n) is 6.24. The third-order valence-corrected chi connectivity index (χ3v) is 6.24. The molecule has 0 atom stereocenters. The summed E-state index contributed by atoms with van der Waals surface area (Å²) in [6.07, 6.45) is 0. The first-order valence-corrected chi connectivity index (χ1v) is 9.88. The maximum atomic E-state index is 2.34. The maximum Gasteiger partial charge on any atom is -0.00143 e. The van der Waals surface area contributed by atoms with E-state index in [2.05, 4.69) is 98.8 Å². The van der Waals surface area contributed by atoms with Crippen LogP contribution in [0.1, 0.15) is 11.1 Å². The molecule has 0 aromatic heterocycles. The molecular weight excluding hydrogens is 336 g/mol. The molecule has 0 heterocycles. The molecule has 0 nitrogen and oxygen atoms in total. The predicted octanol–water partition coefficient (Wildman–Crippen LogP) is 8.07. The molecule has 0 saturated carbocycles. The fraction of sp³-hybridized carbons (Fsp3) is 0.0714. The van der Waals surface area contributed by atoms with Gasteiger partial charge in [-0.25, -0.2) is 0 Å². The molecule has 0 fully saturated rings. The Morgan fingerprint density at radius 1 is 0.393 bits per heavy atom. The highest BCUT2D eigenvalue weighted by atomic mass is 14.2. The number of benzene rings is 6. The van der Waals surface area contributed by atoms with Crippen molar-refractivity contribution in [1.29, 1.82) is 0 Å². The van der Waals surface area contributed by atoms with E-state index in [9.17, 15) is 0 Å². The molecule has 0 spiro atoms. The molecule has 0 bridgehead atoms. The van der Waals surface area contributed by atoms with E-state index in [1.54, 1.807) is 0 Å². The first-order chi connectivity index (χ1) is 13.7. The van der Waals surface area contributed by atoms with Crippen LogP contribution in [-0.2, 0) is 0 Å². The fourth-order valence-corrected chi connectivity index (χ4v) is 4.98. The summed E-state index contributed by atoms with van der Waals surface area (Å²) in [7, 11) is 0. The molecule has 0 aliphatic rings. The van der Waals surface area contributed by atoms with Gasteiger partial charge >= 0.3 is 0 Å². The Bertz CT molecular complexity index is 1450. The fourth-order valence-electron chi connectivity index (χ4n) is 4.98. The van der Waals surface area contributed by atoms with Gasteiger partial charge in [0.05, 0.1) is 0 Å². The van der Waals surface area contributed by atoms with Gasteiger partial charge in [0.2, 0.25) is 0 Å². The lowest BCUT2D eigenvalue weighted by Gasteiger charge is -2.15. The molecular formula is C28H20. The second kappa shape index (κ2) is 5.56. The van der Waals surface area contributed by atoms with Gasteiger partial charge in [-0.1, -0.05) is 84.9 Å². The first-order valence-electron chi connectivity index (χ1n) is 9.88. The number of hydrogen-bond acceptors (Lipinski definition) is 0. The summed E-state index contributed by atoms with van der Waals surface area (Å²) in [5.41, 5.74) is 2.67. The quantitative estimate of drug-likeness (QED) is 0.241. The van der Waals surface area contributed by atoms with Crippen molar-refractivity contribution in [3.05, 3.63) is 96.1 Å². The van der Waals surface area contributed by atoms with E-state index in [-0.39, 0.29) is 0 Å². The van der Waals surface area contributed by atoms with Crippen LogP contribution in [0.3, 0.4) is 0 Å².